The van der Waals surface area contributed by atoms with Crippen molar-refractivity contribution >= 4 is 28.5 Å². The molecule has 5 heteroatoms. The molecule has 0 aliphatic heterocycles. The summed E-state index contributed by atoms with van der Waals surface area (Å²) >= 11 is 1.52. The van der Waals surface area contributed by atoms with Gasteiger partial charge in [0.1, 0.15) is 0 Å². The Balaban J connectivity index is 2.78. The van der Waals surface area contributed by atoms with E-state index in [0.29, 0.717) is 5.56 Å². The van der Waals surface area contributed by atoms with E-state index in [1.54, 1.807) is 0 Å². The normalized spacial score (nSPS) is 11.9. The molecule has 16 heavy (non-hydrogen) atoms. The van der Waals surface area contributed by atoms with Crippen LogP contribution in [0.15, 0.2) is 40.5 Å². The number of rotatable bonds is 2. The number of nitrogens with zero attached hydrogens (tertiary/aromatic N) is 2. The van der Waals surface area contributed by atoms with Crippen LogP contribution in [0.2, 0.25) is 0 Å². The first-order chi connectivity index (χ1) is 7.76. The van der Waals surface area contributed by atoms with E-state index in [1.807, 2.05) is 36.6 Å². The molecule has 82 valence electrons. The Morgan fingerprint density at radius 1 is 1.44 bits per heavy atom. The van der Waals surface area contributed by atoms with Crippen molar-refractivity contribution in [2.45, 2.75) is 5.03 Å². The lowest BCUT2D eigenvalue weighted by molar-refractivity contribution is 0.318. The number of para-hydroxylation sites is 1. The predicted molar refractivity (Wildman–Crippen MR) is 66.0 cm³/mol. The molecule has 1 heterocycles. The van der Waals surface area contributed by atoms with Gasteiger partial charge in [0, 0.05) is 10.9 Å². The summed E-state index contributed by atoms with van der Waals surface area (Å²) in [5.74, 6) is 0.105. The number of amidine groups is 1. The Labute approximate surface area is 97.2 Å². The minimum Gasteiger partial charge on any atom is -0.409 e. The maximum atomic E-state index is 8.75. The van der Waals surface area contributed by atoms with Gasteiger partial charge in [0.15, 0.2) is 5.84 Å². The van der Waals surface area contributed by atoms with E-state index in [4.69, 9.17) is 10.9 Å². The molecule has 0 aliphatic carbocycles. The van der Waals surface area contributed by atoms with Crippen molar-refractivity contribution in [3.63, 3.8) is 0 Å². The minimum absolute atomic E-state index is 0.105. The molecule has 2 rings (SSSR count). The first-order valence-electron chi connectivity index (χ1n) is 4.68. The first-order valence-corrected chi connectivity index (χ1v) is 5.90. The third-order valence-electron chi connectivity index (χ3n) is 2.29. The monoisotopic (exact) mass is 233 g/mol. The van der Waals surface area contributed by atoms with Crippen molar-refractivity contribution in [3.05, 3.63) is 35.9 Å². The Kier molecular flexibility index (Phi) is 2.96. The number of oxime groups is 1. The van der Waals surface area contributed by atoms with Crippen molar-refractivity contribution in [2.75, 3.05) is 6.26 Å². The second-order valence-electron chi connectivity index (χ2n) is 3.21. The maximum Gasteiger partial charge on any atom is 0.170 e. The molecule has 0 saturated heterocycles. The molecule has 0 radical (unpaired) electrons. The van der Waals surface area contributed by atoms with Crippen LogP contribution in [0.5, 0.6) is 0 Å². The van der Waals surface area contributed by atoms with Gasteiger partial charge in [-0.3, -0.25) is 0 Å². The fraction of sp³-hybridized carbons (Fsp3) is 0.0909. The van der Waals surface area contributed by atoms with Gasteiger partial charge >= 0.3 is 0 Å². The van der Waals surface area contributed by atoms with Crippen molar-refractivity contribution in [1.29, 1.82) is 0 Å². The molecule has 4 nitrogen and oxygen atoms in total. The highest BCUT2D eigenvalue weighted by atomic mass is 32.2. The number of thioether (sulfide) groups is 1. The summed E-state index contributed by atoms with van der Waals surface area (Å²) in [5, 5.41) is 13.5. The van der Waals surface area contributed by atoms with E-state index < -0.39 is 0 Å². The van der Waals surface area contributed by atoms with Crippen LogP contribution in [0, 0.1) is 0 Å². The van der Waals surface area contributed by atoms with Crippen LogP contribution in [0.25, 0.3) is 10.9 Å². The number of nitrogens with two attached hydrogens (primary N) is 1. The minimum atomic E-state index is 0.105. The summed E-state index contributed by atoms with van der Waals surface area (Å²) in [6.07, 6.45) is 1.94. The zero-order valence-corrected chi connectivity index (χ0v) is 9.53. The van der Waals surface area contributed by atoms with Gasteiger partial charge < -0.3 is 10.9 Å². The van der Waals surface area contributed by atoms with Crippen LogP contribution in [0.1, 0.15) is 5.56 Å². The lowest BCUT2D eigenvalue weighted by Gasteiger charge is -2.06. The lowest BCUT2D eigenvalue weighted by atomic mass is 10.1. The van der Waals surface area contributed by atoms with Gasteiger partial charge in [-0.1, -0.05) is 23.4 Å². The number of hydrogen-bond acceptors (Lipinski definition) is 4. The van der Waals surface area contributed by atoms with E-state index in [9.17, 15) is 0 Å². The van der Waals surface area contributed by atoms with Crippen LogP contribution in [0.4, 0.5) is 0 Å². The highest BCUT2D eigenvalue weighted by Gasteiger charge is 2.08. The number of hydrogen-bond donors (Lipinski definition) is 2. The predicted octanol–water partition coefficient (Wildman–Crippen LogP) is 2.05. The summed E-state index contributed by atoms with van der Waals surface area (Å²) in [5.41, 5.74) is 7.20. The summed E-state index contributed by atoms with van der Waals surface area (Å²) in [6.45, 7) is 0. The topological polar surface area (TPSA) is 71.5 Å². The fourth-order valence-electron chi connectivity index (χ4n) is 1.52. The zero-order chi connectivity index (χ0) is 11.5. The Bertz CT molecular complexity index is 554. The molecule has 0 aliphatic rings. The second kappa shape index (κ2) is 4.40. The van der Waals surface area contributed by atoms with Gasteiger partial charge in [0.25, 0.3) is 0 Å². The SMILES string of the molecule is CSc1cc(C(N)=NO)c2ccccc2n1. The molecule has 0 atom stereocenters. The van der Waals surface area contributed by atoms with E-state index in [2.05, 4.69) is 10.1 Å². The zero-order valence-electron chi connectivity index (χ0n) is 8.71. The molecule has 3 N–H and O–H groups in total. The largest absolute Gasteiger partial charge is 0.409 e. The lowest BCUT2D eigenvalue weighted by Crippen LogP contribution is -2.14. The van der Waals surface area contributed by atoms with Crippen LogP contribution in [-0.2, 0) is 0 Å². The standard InChI is InChI=1S/C11H11N3OS/c1-16-10-6-8(11(12)14-15)7-4-2-3-5-9(7)13-10/h2-6,15H,1H3,(H2,12,14). The molecule has 0 spiro atoms. The van der Waals surface area contributed by atoms with Gasteiger partial charge in [-0.15, -0.1) is 11.8 Å². The van der Waals surface area contributed by atoms with Crippen LogP contribution >= 0.6 is 11.8 Å². The van der Waals surface area contributed by atoms with Crippen LogP contribution in [0.3, 0.4) is 0 Å². The summed E-state index contributed by atoms with van der Waals surface area (Å²) in [7, 11) is 0. The molecule has 1 aromatic heterocycles. The smallest absolute Gasteiger partial charge is 0.170 e. The molecule has 0 saturated carbocycles. The van der Waals surface area contributed by atoms with Gasteiger partial charge in [-0.25, -0.2) is 4.98 Å². The van der Waals surface area contributed by atoms with E-state index in [-0.39, 0.29) is 5.84 Å². The second-order valence-corrected chi connectivity index (χ2v) is 4.04. The van der Waals surface area contributed by atoms with Crippen LogP contribution < -0.4 is 5.73 Å². The maximum absolute atomic E-state index is 8.75. The third-order valence-corrected chi connectivity index (χ3v) is 2.91. The average Bonchev–Trinajstić information content (AvgIpc) is 2.36. The molecule has 0 fully saturated rings. The molecular formula is C11H11N3OS. The highest BCUT2D eigenvalue weighted by Crippen LogP contribution is 2.22. The molecule has 0 bridgehead atoms. The summed E-state index contributed by atoms with van der Waals surface area (Å²) in [4.78, 5) is 4.44. The number of aromatic nitrogens is 1. The number of pyridine rings is 1. The fourth-order valence-corrected chi connectivity index (χ4v) is 1.95. The molecule has 0 unspecified atom stereocenters. The molecular weight excluding hydrogens is 222 g/mol. The van der Waals surface area contributed by atoms with Crippen molar-refractivity contribution in [2.24, 2.45) is 10.9 Å². The third kappa shape index (κ3) is 1.81. The summed E-state index contributed by atoms with van der Waals surface area (Å²) in [6, 6.07) is 9.44. The highest BCUT2D eigenvalue weighted by molar-refractivity contribution is 7.98. The molecule has 0 amide bonds. The van der Waals surface area contributed by atoms with Crippen LogP contribution in [-0.4, -0.2) is 22.3 Å². The van der Waals surface area contributed by atoms with Crippen molar-refractivity contribution in [3.8, 4) is 0 Å². The van der Waals surface area contributed by atoms with Crippen molar-refractivity contribution < 1.29 is 5.21 Å². The number of benzene rings is 1. The van der Waals surface area contributed by atoms with E-state index in [0.717, 1.165) is 15.9 Å². The Morgan fingerprint density at radius 3 is 2.88 bits per heavy atom. The van der Waals surface area contributed by atoms with E-state index in [1.165, 1.54) is 11.8 Å². The Hall–Kier alpha value is -1.75. The quantitative estimate of drug-likeness (QED) is 0.274. The average molecular weight is 233 g/mol. The van der Waals surface area contributed by atoms with Crippen molar-refractivity contribution in [1.82, 2.24) is 4.98 Å². The van der Waals surface area contributed by atoms with Gasteiger partial charge in [-0.2, -0.15) is 0 Å². The number of fused-ring (bicyclic) bond motifs is 1. The summed E-state index contributed by atoms with van der Waals surface area (Å²) < 4.78 is 0. The van der Waals surface area contributed by atoms with Gasteiger partial charge in [0.2, 0.25) is 0 Å². The molecule has 2 aromatic rings. The van der Waals surface area contributed by atoms with E-state index >= 15 is 0 Å². The first kappa shape index (κ1) is 10.8. The van der Waals surface area contributed by atoms with Gasteiger partial charge in [-0.05, 0) is 18.4 Å². The Morgan fingerprint density at radius 2 is 2.19 bits per heavy atom. The molecule has 1 aromatic carbocycles. The van der Waals surface area contributed by atoms with Gasteiger partial charge in [0.05, 0.1) is 10.5 Å².